The van der Waals surface area contributed by atoms with Gasteiger partial charge in [0.1, 0.15) is 0 Å². The molecule has 0 aliphatic carbocycles. The maximum atomic E-state index is 13.4. The molecule has 0 amide bonds. The van der Waals surface area contributed by atoms with Gasteiger partial charge in [-0.3, -0.25) is 0 Å². The van der Waals surface area contributed by atoms with Crippen LogP contribution in [-0.4, -0.2) is 13.2 Å². The number of nitrogens with two attached hydrogens (primary N) is 1. The van der Waals surface area contributed by atoms with E-state index in [1.165, 1.54) is 0 Å². The Morgan fingerprint density at radius 1 is 1.37 bits per heavy atom. The van der Waals surface area contributed by atoms with E-state index in [9.17, 15) is 13.2 Å². The van der Waals surface area contributed by atoms with Crippen LogP contribution in [0.4, 0.5) is 24.5 Å². The molecule has 0 saturated carbocycles. The number of hydrogen-bond donors (Lipinski definition) is 2. The van der Waals surface area contributed by atoms with Gasteiger partial charge in [-0.25, -0.2) is 4.39 Å². The molecule has 0 heterocycles. The summed E-state index contributed by atoms with van der Waals surface area (Å²) in [5, 5.41) is 3.03. The summed E-state index contributed by atoms with van der Waals surface area (Å²) in [7, 11) is 0. The molecular formula is C13H19F3N2O. The largest absolute Gasteiger partial charge is 0.432 e. The Balaban J connectivity index is 2.89. The molecular weight excluding hydrogens is 257 g/mol. The average Bonchev–Trinajstić information content (AvgIpc) is 2.30. The highest BCUT2D eigenvalue weighted by Crippen LogP contribution is 2.30. The summed E-state index contributed by atoms with van der Waals surface area (Å²) in [5.74, 6) is -1.42. The molecule has 19 heavy (non-hydrogen) atoms. The summed E-state index contributed by atoms with van der Waals surface area (Å²) >= 11 is 0. The third-order valence-corrected chi connectivity index (χ3v) is 3.03. The molecule has 6 heteroatoms. The fraction of sp³-hybridized carbons (Fsp3) is 0.538. The summed E-state index contributed by atoms with van der Waals surface area (Å²) in [6.07, 6.45) is 0.932. The number of rotatable bonds is 6. The highest BCUT2D eigenvalue weighted by molar-refractivity contribution is 5.68. The first-order valence-electron chi connectivity index (χ1n) is 6.03. The van der Waals surface area contributed by atoms with Crippen molar-refractivity contribution in [1.82, 2.24) is 0 Å². The van der Waals surface area contributed by atoms with E-state index in [-0.39, 0.29) is 11.1 Å². The number of nitrogen functional groups attached to an aromatic ring is 1. The van der Waals surface area contributed by atoms with Gasteiger partial charge in [0.05, 0.1) is 11.4 Å². The Bertz CT molecular complexity index is 436. The second-order valence-electron chi connectivity index (χ2n) is 5.12. The van der Waals surface area contributed by atoms with Crippen molar-refractivity contribution < 1.29 is 17.9 Å². The first kappa shape index (κ1) is 15.5. The van der Waals surface area contributed by atoms with E-state index in [0.717, 1.165) is 18.6 Å². The molecule has 0 fully saturated rings. The molecule has 1 aromatic carbocycles. The van der Waals surface area contributed by atoms with Crippen LogP contribution in [-0.2, 0) is 0 Å². The van der Waals surface area contributed by atoms with Crippen LogP contribution in [0, 0.1) is 11.2 Å². The normalized spacial score (nSPS) is 11.7. The molecule has 0 aromatic heterocycles. The SMILES string of the molecule is CCC(C)(C)CNc1cc(OC(F)F)c(F)cc1N. The molecule has 1 rings (SSSR count). The van der Waals surface area contributed by atoms with Crippen LogP contribution in [0.1, 0.15) is 27.2 Å². The van der Waals surface area contributed by atoms with Gasteiger partial charge in [-0.15, -0.1) is 0 Å². The molecule has 108 valence electrons. The zero-order chi connectivity index (χ0) is 14.6. The van der Waals surface area contributed by atoms with Gasteiger partial charge in [-0.1, -0.05) is 20.8 Å². The quantitative estimate of drug-likeness (QED) is 0.776. The highest BCUT2D eigenvalue weighted by atomic mass is 19.3. The lowest BCUT2D eigenvalue weighted by molar-refractivity contribution is -0.0521. The summed E-state index contributed by atoms with van der Waals surface area (Å²) in [5.41, 5.74) is 6.21. The third kappa shape index (κ3) is 4.54. The van der Waals surface area contributed by atoms with Crippen molar-refractivity contribution in [1.29, 1.82) is 0 Å². The maximum Gasteiger partial charge on any atom is 0.387 e. The number of ether oxygens (including phenoxy) is 1. The van der Waals surface area contributed by atoms with Gasteiger partial charge in [-0.05, 0) is 11.8 Å². The minimum absolute atomic E-state index is 0.0184. The number of benzene rings is 1. The maximum absolute atomic E-state index is 13.4. The van der Waals surface area contributed by atoms with Crippen molar-refractivity contribution in [2.24, 2.45) is 5.41 Å². The number of halogens is 3. The predicted octanol–water partition coefficient (Wildman–Crippen LogP) is 3.86. The summed E-state index contributed by atoms with van der Waals surface area (Å²) in [6.45, 7) is 3.67. The van der Waals surface area contributed by atoms with Gasteiger partial charge < -0.3 is 15.8 Å². The minimum Gasteiger partial charge on any atom is -0.432 e. The first-order chi connectivity index (χ1) is 8.75. The Hall–Kier alpha value is -1.59. The van der Waals surface area contributed by atoms with E-state index in [1.54, 1.807) is 0 Å². The van der Waals surface area contributed by atoms with Crippen molar-refractivity contribution in [3.8, 4) is 5.75 Å². The molecule has 0 aliphatic rings. The second-order valence-corrected chi connectivity index (χ2v) is 5.12. The predicted molar refractivity (Wildman–Crippen MR) is 70.0 cm³/mol. The third-order valence-electron chi connectivity index (χ3n) is 3.03. The van der Waals surface area contributed by atoms with Crippen molar-refractivity contribution in [3.63, 3.8) is 0 Å². The average molecular weight is 276 g/mol. The lowest BCUT2D eigenvalue weighted by Gasteiger charge is -2.24. The summed E-state index contributed by atoms with van der Waals surface area (Å²) < 4.78 is 41.7. The molecule has 0 atom stereocenters. The zero-order valence-corrected chi connectivity index (χ0v) is 11.3. The van der Waals surface area contributed by atoms with E-state index < -0.39 is 18.2 Å². The van der Waals surface area contributed by atoms with Gasteiger partial charge in [0.2, 0.25) is 0 Å². The smallest absolute Gasteiger partial charge is 0.387 e. The van der Waals surface area contributed by atoms with E-state index in [4.69, 9.17) is 5.73 Å². The first-order valence-corrected chi connectivity index (χ1v) is 6.03. The lowest BCUT2D eigenvalue weighted by atomic mass is 9.90. The highest BCUT2D eigenvalue weighted by Gasteiger charge is 2.17. The van der Waals surface area contributed by atoms with Crippen LogP contribution in [0.25, 0.3) is 0 Å². The van der Waals surface area contributed by atoms with Gasteiger partial charge in [0, 0.05) is 18.7 Å². The number of nitrogens with one attached hydrogen (secondary N) is 1. The van der Waals surface area contributed by atoms with Crippen LogP contribution in [0.15, 0.2) is 12.1 Å². The van der Waals surface area contributed by atoms with E-state index >= 15 is 0 Å². The lowest BCUT2D eigenvalue weighted by Crippen LogP contribution is -2.22. The van der Waals surface area contributed by atoms with E-state index in [0.29, 0.717) is 12.2 Å². The van der Waals surface area contributed by atoms with Crippen molar-refractivity contribution >= 4 is 11.4 Å². The standard InChI is InChI=1S/C13H19F3N2O/c1-4-13(2,3)7-18-10-6-11(19-12(15)16)8(14)5-9(10)17/h5-6,12,18H,4,7,17H2,1-3H3. The van der Waals surface area contributed by atoms with E-state index in [2.05, 4.69) is 23.9 Å². The molecule has 0 radical (unpaired) electrons. The van der Waals surface area contributed by atoms with Crippen molar-refractivity contribution in [2.45, 2.75) is 33.8 Å². The zero-order valence-electron chi connectivity index (χ0n) is 11.3. The van der Waals surface area contributed by atoms with Crippen molar-refractivity contribution in [3.05, 3.63) is 17.9 Å². The molecule has 0 spiro atoms. The fourth-order valence-corrected chi connectivity index (χ4v) is 1.37. The Kier molecular flexibility index (Phi) is 4.91. The van der Waals surface area contributed by atoms with Gasteiger partial charge in [0.25, 0.3) is 0 Å². The second kappa shape index (κ2) is 6.04. The molecule has 3 N–H and O–H groups in total. The molecule has 0 saturated heterocycles. The minimum atomic E-state index is -3.07. The summed E-state index contributed by atoms with van der Waals surface area (Å²) in [4.78, 5) is 0. The topological polar surface area (TPSA) is 47.3 Å². The van der Waals surface area contributed by atoms with Crippen LogP contribution in [0.2, 0.25) is 0 Å². The van der Waals surface area contributed by atoms with Gasteiger partial charge >= 0.3 is 6.61 Å². The Morgan fingerprint density at radius 2 is 2.00 bits per heavy atom. The van der Waals surface area contributed by atoms with E-state index in [1.807, 2.05) is 6.92 Å². The number of anilines is 2. The number of alkyl halides is 2. The molecule has 0 aliphatic heterocycles. The monoisotopic (exact) mass is 276 g/mol. The fourth-order valence-electron chi connectivity index (χ4n) is 1.37. The van der Waals surface area contributed by atoms with Crippen molar-refractivity contribution in [2.75, 3.05) is 17.6 Å². The van der Waals surface area contributed by atoms with Gasteiger partial charge in [0.15, 0.2) is 11.6 Å². The van der Waals surface area contributed by atoms with Gasteiger partial charge in [-0.2, -0.15) is 8.78 Å². The molecule has 0 unspecified atom stereocenters. The molecule has 0 bridgehead atoms. The molecule has 1 aromatic rings. The Labute approximate surface area is 110 Å². The molecule has 3 nitrogen and oxygen atoms in total. The number of hydrogen-bond acceptors (Lipinski definition) is 3. The van der Waals surface area contributed by atoms with Crippen LogP contribution in [0.5, 0.6) is 5.75 Å². The van der Waals surface area contributed by atoms with Crippen LogP contribution >= 0.6 is 0 Å². The van der Waals surface area contributed by atoms with Crippen LogP contribution < -0.4 is 15.8 Å². The Morgan fingerprint density at radius 3 is 2.53 bits per heavy atom. The van der Waals surface area contributed by atoms with Crippen LogP contribution in [0.3, 0.4) is 0 Å². The summed E-state index contributed by atoms with van der Waals surface area (Å²) in [6, 6.07) is 2.13.